The number of amides is 1. The van der Waals surface area contributed by atoms with E-state index in [1.54, 1.807) is 14.2 Å². The summed E-state index contributed by atoms with van der Waals surface area (Å²) in [5.41, 5.74) is 2.05. The summed E-state index contributed by atoms with van der Waals surface area (Å²) in [5, 5.41) is 0. The first-order valence-corrected chi connectivity index (χ1v) is 9.78. The lowest BCUT2D eigenvalue weighted by Crippen LogP contribution is -2.37. The fourth-order valence-corrected chi connectivity index (χ4v) is 3.64. The number of hydrogen-bond donors (Lipinski definition) is 0. The molecule has 27 heavy (non-hydrogen) atoms. The van der Waals surface area contributed by atoms with E-state index in [0.29, 0.717) is 13.0 Å². The van der Waals surface area contributed by atoms with Gasteiger partial charge in [-0.25, -0.2) is 4.79 Å². The molecule has 0 aromatic heterocycles. The smallest absolute Gasteiger partial charge is 0.410 e. The van der Waals surface area contributed by atoms with E-state index < -0.39 is 0 Å². The van der Waals surface area contributed by atoms with Gasteiger partial charge in [-0.05, 0) is 42.2 Å². The minimum absolute atomic E-state index is 0.0419. The van der Waals surface area contributed by atoms with Crippen molar-refractivity contribution in [1.82, 2.24) is 4.90 Å². The maximum absolute atomic E-state index is 12.5. The lowest BCUT2D eigenvalue weighted by Gasteiger charge is -2.25. The Morgan fingerprint density at radius 3 is 2.56 bits per heavy atom. The summed E-state index contributed by atoms with van der Waals surface area (Å²) in [6, 6.07) is 13.7. The maximum Gasteiger partial charge on any atom is 0.410 e. The summed E-state index contributed by atoms with van der Waals surface area (Å²) in [5.74, 6) is 1.52. The van der Waals surface area contributed by atoms with Crippen LogP contribution in [0.1, 0.15) is 30.6 Å². The first kappa shape index (κ1) is 19.5. The molecule has 0 radical (unpaired) electrons. The van der Waals surface area contributed by atoms with Gasteiger partial charge in [-0.15, -0.1) is 0 Å². The highest BCUT2D eigenvalue weighted by Gasteiger charge is 2.36. The Morgan fingerprint density at radius 2 is 1.93 bits per heavy atom. The number of halogens is 1. The molecule has 0 spiro atoms. The number of nitrogens with zero attached hydrogens (tertiary/aromatic N) is 1. The lowest BCUT2D eigenvalue weighted by atomic mass is 10.0. The van der Waals surface area contributed by atoms with Crippen molar-refractivity contribution in [3.05, 3.63) is 58.1 Å². The van der Waals surface area contributed by atoms with Crippen LogP contribution in [0.4, 0.5) is 4.79 Å². The predicted molar refractivity (Wildman–Crippen MR) is 107 cm³/mol. The summed E-state index contributed by atoms with van der Waals surface area (Å²) in [4.78, 5) is 14.3. The second-order valence-corrected chi connectivity index (χ2v) is 7.44. The lowest BCUT2D eigenvalue weighted by molar-refractivity contribution is 0.127. The molecule has 1 saturated heterocycles. The van der Waals surface area contributed by atoms with Gasteiger partial charge >= 0.3 is 6.09 Å². The number of benzene rings is 2. The fraction of sp³-hybridized carbons (Fsp3) is 0.381. The molecule has 2 atom stereocenters. The standard InChI is InChI=1S/C21H24BrNO4/c1-4-17(11-15-7-10-18(25-2)12-19(15)26-3)23-13-20(27-21(23)24)14-5-8-16(22)9-6-14/h5-10,12,17,20H,4,11,13H2,1-3H3/t17-,20+/m1/s1. The summed E-state index contributed by atoms with van der Waals surface area (Å²) >= 11 is 3.43. The number of methoxy groups -OCH3 is 2. The van der Waals surface area contributed by atoms with Crippen molar-refractivity contribution in [2.45, 2.75) is 31.9 Å². The van der Waals surface area contributed by atoms with Gasteiger partial charge in [-0.1, -0.05) is 41.1 Å². The van der Waals surface area contributed by atoms with E-state index in [2.05, 4.69) is 22.9 Å². The van der Waals surface area contributed by atoms with Crippen LogP contribution < -0.4 is 9.47 Å². The van der Waals surface area contributed by atoms with Gasteiger partial charge in [0, 0.05) is 16.6 Å². The van der Waals surface area contributed by atoms with Crippen molar-refractivity contribution in [2.75, 3.05) is 20.8 Å². The van der Waals surface area contributed by atoms with E-state index >= 15 is 0 Å². The van der Waals surface area contributed by atoms with Gasteiger partial charge in [0.15, 0.2) is 0 Å². The van der Waals surface area contributed by atoms with E-state index in [0.717, 1.165) is 33.5 Å². The predicted octanol–water partition coefficient (Wildman–Crippen LogP) is 4.98. The Hall–Kier alpha value is -2.21. The third-order valence-corrected chi connectivity index (χ3v) is 5.47. The van der Waals surface area contributed by atoms with Gasteiger partial charge < -0.3 is 19.1 Å². The van der Waals surface area contributed by atoms with Crippen LogP contribution in [-0.2, 0) is 11.2 Å². The summed E-state index contributed by atoms with van der Waals surface area (Å²) in [6.45, 7) is 2.64. The van der Waals surface area contributed by atoms with E-state index in [1.807, 2.05) is 47.4 Å². The van der Waals surface area contributed by atoms with Crippen molar-refractivity contribution in [1.29, 1.82) is 0 Å². The van der Waals surface area contributed by atoms with Gasteiger partial charge in [0.05, 0.1) is 20.8 Å². The molecule has 0 bridgehead atoms. The van der Waals surface area contributed by atoms with Gasteiger partial charge in [0.25, 0.3) is 0 Å². The summed E-state index contributed by atoms with van der Waals surface area (Å²) in [6.07, 6.45) is 1.03. The van der Waals surface area contributed by atoms with Crippen LogP contribution >= 0.6 is 15.9 Å². The molecule has 0 saturated carbocycles. The Balaban J connectivity index is 1.75. The number of carbonyl (C=O) groups is 1. The van der Waals surface area contributed by atoms with Gasteiger partial charge in [-0.3, -0.25) is 0 Å². The van der Waals surface area contributed by atoms with Crippen LogP contribution in [-0.4, -0.2) is 37.8 Å². The van der Waals surface area contributed by atoms with E-state index in [4.69, 9.17) is 14.2 Å². The zero-order valence-electron chi connectivity index (χ0n) is 15.8. The third kappa shape index (κ3) is 4.38. The van der Waals surface area contributed by atoms with Crippen LogP contribution in [0.15, 0.2) is 46.9 Å². The Bertz CT molecular complexity index is 793. The average Bonchev–Trinajstić information content (AvgIpc) is 3.08. The van der Waals surface area contributed by atoms with E-state index in [-0.39, 0.29) is 18.2 Å². The number of cyclic esters (lactones) is 1. The molecule has 5 nitrogen and oxygen atoms in total. The highest BCUT2D eigenvalue weighted by atomic mass is 79.9. The van der Waals surface area contributed by atoms with Crippen molar-refractivity contribution in [3.8, 4) is 11.5 Å². The molecule has 2 aromatic carbocycles. The van der Waals surface area contributed by atoms with Crippen LogP contribution in [0.5, 0.6) is 11.5 Å². The fourth-order valence-electron chi connectivity index (χ4n) is 3.38. The van der Waals surface area contributed by atoms with Crippen molar-refractivity contribution >= 4 is 22.0 Å². The first-order valence-electron chi connectivity index (χ1n) is 8.99. The molecule has 1 fully saturated rings. The number of ether oxygens (including phenoxy) is 3. The van der Waals surface area contributed by atoms with Crippen LogP contribution in [0.2, 0.25) is 0 Å². The van der Waals surface area contributed by atoms with Crippen LogP contribution in [0.25, 0.3) is 0 Å². The molecule has 2 aromatic rings. The second-order valence-electron chi connectivity index (χ2n) is 6.52. The van der Waals surface area contributed by atoms with Gasteiger partial charge in [-0.2, -0.15) is 0 Å². The molecule has 1 aliphatic rings. The Kier molecular flexibility index (Phi) is 6.26. The molecule has 1 amide bonds. The summed E-state index contributed by atoms with van der Waals surface area (Å²) in [7, 11) is 3.28. The molecular weight excluding hydrogens is 410 g/mol. The Labute approximate surface area is 168 Å². The molecule has 6 heteroatoms. The van der Waals surface area contributed by atoms with Crippen molar-refractivity contribution in [2.24, 2.45) is 0 Å². The topological polar surface area (TPSA) is 48.0 Å². The van der Waals surface area contributed by atoms with Gasteiger partial charge in [0.1, 0.15) is 17.6 Å². The SMILES string of the molecule is CC[C@H](Cc1ccc(OC)cc1OC)N1C[C@@H](c2ccc(Br)cc2)OC1=O. The molecule has 0 N–H and O–H groups in total. The van der Waals surface area contributed by atoms with E-state index in [1.165, 1.54) is 0 Å². The summed E-state index contributed by atoms with van der Waals surface area (Å²) < 4.78 is 17.4. The average molecular weight is 434 g/mol. The third-order valence-electron chi connectivity index (χ3n) is 4.94. The number of hydrogen-bond acceptors (Lipinski definition) is 4. The quantitative estimate of drug-likeness (QED) is 0.617. The first-order chi connectivity index (χ1) is 13.0. The normalized spacial score (nSPS) is 17.6. The van der Waals surface area contributed by atoms with Crippen LogP contribution in [0.3, 0.4) is 0 Å². The van der Waals surface area contributed by atoms with E-state index in [9.17, 15) is 4.79 Å². The maximum atomic E-state index is 12.5. The molecule has 0 unspecified atom stereocenters. The molecule has 3 rings (SSSR count). The molecule has 0 aliphatic carbocycles. The van der Waals surface area contributed by atoms with Crippen molar-refractivity contribution < 1.29 is 19.0 Å². The number of rotatable bonds is 7. The molecule has 144 valence electrons. The number of carbonyl (C=O) groups excluding carboxylic acids is 1. The Morgan fingerprint density at radius 1 is 1.19 bits per heavy atom. The second kappa shape index (κ2) is 8.65. The molecule has 1 aliphatic heterocycles. The van der Waals surface area contributed by atoms with Crippen LogP contribution in [0, 0.1) is 0 Å². The molecule has 1 heterocycles. The zero-order valence-corrected chi connectivity index (χ0v) is 17.4. The van der Waals surface area contributed by atoms with Gasteiger partial charge in [0.2, 0.25) is 0 Å². The van der Waals surface area contributed by atoms with Crippen molar-refractivity contribution in [3.63, 3.8) is 0 Å². The largest absolute Gasteiger partial charge is 0.497 e. The minimum atomic E-state index is -0.262. The zero-order chi connectivity index (χ0) is 19.4. The minimum Gasteiger partial charge on any atom is -0.497 e. The molecular formula is C21H24BrNO4. The highest BCUT2D eigenvalue weighted by Crippen LogP contribution is 2.32. The monoisotopic (exact) mass is 433 g/mol. The highest BCUT2D eigenvalue weighted by molar-refractivity contribution is 9.10.